The van der Waals surface area contributed by atoms with Crippen LogP contribution in [0.15, 0.2) is 42.5 Å². The van der Waals surface area contributed by atoms with Gasteiger partial charge in [-0.3, -0.25) is 24.2 Å². The summed E-state index contributed by atoms with van der Waals surface area (Å²) >= 11 is 0. The van der Waals surface area contributed by atoms with E-state index in [-0.39, 0.29) is 30.8 Å². The van der Waals surface area contributed by atoms with Crippen molar-refractivity contribution < 1.29 is 28.7 Å². The minimum atomic E-state index is -1.24. The standard InChI is InChI=1S/C24H25N3O6/c1-24(15-10-11-18(32-2)19(14-15)33-3)22(30)27(23(31)25-24)13-7-6-12-26-20(28)16-8-4-5-9-17(16)21(26)29/h4-5,8-11,14H,6-7,12-13H2,1-3H3,(H,25,31)/t24-/m1/s1. The van der Waals surface area contributed by atoms with Crippen molar-refractivity contribution >= 4 is 23.8 Å². The van der Waals surface area contributed by atoms with Crippen LogP contribution >= 0.6 is 0 Å². The summed E-state index contributed by atoms with van der Waals surface area (Å²) in [6.45, 7) is 2.05. The monoisotopic (exact) mass is 451 g/mol. The van der Waals surface area contributed by atoms with E-state index in [1.54, 1.807) is 49.4 Å². The number of carbonyl (C=O) groups excluding carboxylic acids is 4. The summed E-state index contributed by atoms with van der Waals surface area (Å²) in [6, 6.07) is 11.3. The summed E-state index contributed by atoms with van der Waals surface area (Å²) in [5.74, 6) is -0.0250. The lowest BCUT2D eigenvalue weighted by molar-refractivity contribution is -0.131. The Hall–Kier alpha value is -3.88. The third-order valence-electron chi connectivity index (χ3n) is 6.13. The molecule has 2 aromatic carbocycles. The maximum absolute atomic E-state index is 13.1. The molecule has 0 spiro atoms. The number of fused-ring (bicyclic) bond motifs is 1. The molecule has 33 heavy (non-hydrogen) atoms. The van der Waals surface area contributed by atoms with Gasteiger partial charge in [0, 0.05) is 13.1 Å². The molecule has 4 rings (SSSR count). The van der Waals surface area contributed by atoms with Crippen LogP contribution in [0, 0.1) is 0 Å². The molecule has 1 fully saturated rings. The zero-order valence-corrected chi connectivity index (χ0v) is 18.7. The zero-order valence-electron chi connectivity index (χ0n) is 18.7. The third-order valence-corrected chi connectivity index (χ3v) is 6.13. The third kappa shape index (κ3) is 3.69. The molecule has 2 aliphatic rings. The van der Waals surface area contributed by atoms with Gasteiger partial charge in [-0.05, 0) is 49.6 Å². The minimum absolute atomic E-state index is 0.177. The number of imide groups is 2. The number of hydrogen-bond donors (Lipinski definition) is 1. The highest BCUT2D eigenvalue weighted by Crippen LogP contribution is 2.35. The molecule has 1 N–H and O–H groups in total. The Morgan fingerprint density at radius 1 is 0.818 bits per heavy atom. The van der Waals surface area contributed by atoms with Crippen LogP contribution in [0.5, 0.6) is 11.5 Å². The fraction of sp³-hybridized carbons (Fsp3) is 0.333. The first kappa shape index (κ1) is 22.3. The first-order valence-electron chi connectivity index (χ1n) is 10.6. The van der Waals surface area contributed by atoms with Crippen molar-refractivity contribution in [2.45, 2.75) is 25.3 Å². The number of amides is 5. The second-order valence-corrected chi connectivity index (χ2v) is 8.10. The van der Waals surface area contributed by atoms with Crippen molar-refractivity contribution in [3.05, 3.63) is 59.2 Å². The predicted octanol–water partition coefficient (Wildman–Crippen LogP) is 2.55. The van der Waals surface area contributed by atoms with E-state index in [4.69, 9.17) is 9.47 Å². The summed E-state index contributed by atoms with van der Waals surface area (Å²) in [6.07, 6.45) is 0.921. The van der Waals surface area contributed by atoms with Crippen molar-refractivity contribution in [1.82, 2.24) is 15.1 Å². The molecule has 172 valence electrons. The van der Waals surface area contributed by atoms with Crippen molar-refractivity contribution in [3.63, 3.8) is 0 Å². The zero-order chi connectivity index (χ0) is 23.8. The molecule has 0 unspecified atom stereocenters. The molecular formula is C24H25N3O6. The number of rotatable bonds is 8. The fourth-order valence-electron chi connectivity index (χ4n) is 4.22. The lowest BCUT2D eigenvalue weighted by Crippen LogP contribution is -2.41. The van der Waals surface area contributed by atoms with E-state index in [1.807, 2.05) is 0 Å². The number of hydrogen-bond acceptors (Lipinski definition) is 6. The summed E-state index contributed by atoms with van der Waals surface area (Å²) in [5.41, 5.74) is 0.149. The number of nitrogens with one attached hydrogen (secondary N) is 1. The predicted molar refractivity (Wildman–Crippen MR) is 118 cm³/mol. The molecule has 2 heterocycles. The van der Waals surface area contributed by atoms with Crippen molar-refractivity contribution in [3.8, 4) is 11.5 Å². The summed E-state index contributed by atoms with van der Waals surface area (Å²) in [7, 11) is 3.02. The summed E-state index contributed by atoms with van der Waals surface area (Å²) in [4.78, 5) is 53.0. The van der Waals surface area contributed by atoms with Gasteiger partial charge in [-0.1, -0.05) is 18.2 Å². The number of nitrogens with zero attached hydrogens (tertiary/aromatic N) is 2. The van der Waals surface area contributed by atoms with Crippen LogP contribution in [-0.2, 0) is 10.3 Å². The van der Waals surface area contributed by atoms with Gasteiger partial charge in [-0.25, -0.2) is 4.79 Å². The molecule has 9 heteroatoms. The van der Waals surface area contributed by atoms with E-state index in [2.05, 4.69) is 5.32 Å². The Kier molecular flexibility index (Phi) is 5.80. The molecule has 9 nitrogen and oxygen atoms in total. The average molecular weight is 451 g/mol. The maximum Gasteiger partial charge on any atom is 0.325 e. The van der Waals surface area contributed by atoms with Gasteiger partial charge in [0.2, 0.25) is 0 Å². The molecule has 0 aliphatic carbocycles. The molecule has 0 bridgehead atoms. The lowest BCUT2D eigenvalue weighted by atomic mass is 9.91. The van der Waals surface area contributed by atoms with Crippen molar-refractivity contribution in [2.24, 2.45) is 0 Å². The van der Waals surface area contributed by atoms with Crippen LogP contribution in [0.2, 0.25) is 0 Å². The first-order valence-corrected chi connectivity index (χ1v) is 10.6. The minimum Gasteiger partial charge on any atom is -0.493 e. The highest BCUT2D eigenvalue weighted by Gasteiger charge is 2.49. The van der Waals surface area contributed by atoms with E-state index in [1.165, 1.54) is 24.0 Å². The Morgan fingerprint density at radius 2 is 1.39 bits per heavy atom. The summed E-state index contributed by atoms with van der Waals surface area (Å²) < 4.78 is 10.6. The van der Waals surface area contributed by atoms with Crippen LogP contribution in [0.25, 0.3) is 0 Å². The second kappa shape index (κ2) is 8.57. The van der Waals surface area contributed by atoms with Crippen molar-refractivity contribution in [2.75, 3.05) is 27.3 Å². The smallest absolute Gasteiger partial charge is 0.325 e. The largest absolute Gasteiger partial charge is 0.493 e. The number of methoxy groups -OCH3 is 2. The highest BCUT2D eigenvalue weighted by molar-refractivity contribution is 6.21. The van der Waals surface area contributed by atoms with Gasteiger partial charge in [0.1, 0.15) is 5.54 Å². The molecule has 5 amide bonds. The van der Waals surface area contributed by atoms with Gasteiger partial charge < -0.3 is 14.8 Å². The van der Waals surface area contributed by atoms with Crippen LogP contribution in [0.3, 0.4) is 0 Å². The maximum atomic E-state index is 13.1. The van der Waals surface area contributed by atoms with Gasteiger partial charge in [0.05, 0.1) is 25.3 Å². The van der Waals surface area contributed by atoms with Gasteiger partial charge in [-0.2, -0.15) is 0 Å². The molecule has 0 saturated carbocycles. The normalized spacial score (nSPS) is 19.7. The van der Waals surface area contributed by atoms with Crippen LogP contribution in [-0.4, -0.2) is 60.9 Å². The van der Waals surface area contributed by atoms with Gasteiger partial charge in [0.25, 0.3) is 17.7 Å². The highest BCUT2D eigenvalue weighted by atomic mass is 16.5. The average Bonchev–Trinajstić information content (AvgIpc) is 3.20. The van der Waals surface area contributed by atoms with Crippen LogP contribution in [0.1, 0.15) is 46.0 Å². The van der Waals surface area contributed by atoms with E-state index in [0.717, 1.165) is 0 Å². The molecule has 2 aliphatic heterocycles. The second-order valence-electron chi connectivity index (χ2n) is 8.10. The van der Waals surface area contributed by atoms with E-state index >= 15 is 0 Å². The Labute approximate surface area is 191 Å². The van der Waals surface area contributed by atoms with Gasteiger partial charge in [-0.15, -0.1) is 0 Å². The van der Waals surface area contributed by atoms with Crippen molar-refractivity contribution in [1.29, 1.82) is 0 Å². The lowest BCUT2D eigenvalue weighted by Gasteiger charge is -2.23. The molecule has 0 radical (unpaired) electrons. The van der Waals surface area contributed by atoms with Crippen LogP contribution in [0.4, 0.5) is 4.79 Å². The van der Waals surface area contributed by atoms with Gasteiger partial charge in [0.15, 0.2) is 11.5 Å². The number of ether oxygens (including phenoxy) is 2. The summed E-state index contributed by atoms with van der Waals surface area (Å²) in [5, 5.41) is 2.77. The molecule has 1 atom stereocenters. The molecule has 2 aromatic rings. The van der Waals surface area contributed by atoms with Gasteiger partial charge >= 0.3 is 6.03 Å². The molecular weight excluding hydrogens is 426 g/mol. The molecule has 0 aromatic heterocycles. The topological polar surface area (TPSA) is 105 Å². The number of benzene rings is 2. The Balaban J connectivity index is 1.38. The SMILES string of the molecule is COc1ccc([C@@]2(C)NC(=O)N(CCCCN3C(=O)c4ccccc4C3=O)C2=O)cc1OC. The van der Waals surface area contributed by atoms with E-state index in [0.29, 0.717) is 41.0 Å². The first-order chi connectivity index (χ1) is 15.8. The van der Waals surface area contributed by atoms with E-state index in [9.17, 15) is 19.2 Å². The van der Waals surface area contributed by atoms with E-state index < -0.39 is 11.6 Å². The Bertz CT molecular complexity index is 1110. The number of unbranched alkanes of at least 4 members (excludes halogenated alkanes) is 1. The molecule has 1 saturated heterocycles. The van der Waals surface area contributed by atoms with Crippen LogP contribution < -0.4 is 14.8 Å². The number of urea groups is 1. The quantitative estimate of drug-likeness (QED) is 0.376. The Morgan fingerprint density at radius 3 is 1.97 bits per heavy atom. The number of carbonyl (C=O) groups is 4. The fourth-order valence-corrected chi connectivity index (χ4v) is 4.22.